The number of hydrogen-bond acceptors (Lipinski definition) is 0. The van der Waals surface area contributed by atoms with Crippen LogP contribution in [-0.2, 0) is 0 Å². The lowest BCUT2D eigenvalue weighted by Gasteiger charge is -2.31. The molecular weight excluding hydrogens is 391 g/mol. The zero-order valence-corrected chi connectivity index (χ0v) is 23.0. The van der Waals surface area contributed by atoms with Gasteiger partial charge in [-0.15, -0.1) is 0 Å². The lowest BCUT2D eigenvalue weighted by molar-refractivity contribution is 0.269. The van der Waals surface area contributed by atoms with Crippen LogP contribution in [0.25, 0.3) is 5.57 Å². The Morgan fingerprint density at radius 3 is 2.26 bits per heavy atom. The maximum atomic E-state index is 4.45. The van der Waals surface area contributed by atoms with Gasteiger partial charge >= 0.3 is 0 Å². The molecule has 0 saturated carbocycles. The van der Waals surface area contributed by atoms with E-state index < -0.39 is 7.26 Å². The number of rotatable bonds is 13. The first-order valence-corrected chi connectivity index (χ1v) is 15.0. The first kappa shape index (κ1) is 27.9. The largest absolute Gasteiger partial charge is 0.0987 e. The van der Waals surface area contributed by atoms with E-state index in [1.165, 1.54) is 53.0 Å². The SMILES string of the molecule is C=C/C(C)=C/[P+](C)(CC)CC(CC[C@H](C)CC(=C)c1ccc(C)cc1C)C(C)C(C)C. The average Bonchev–Trinajstić information content (AvgIpc) is 2.70. The summed E-state index contributed by atoms with van der Waals surface area (Å²) < 4.78 is 0. The standard InChI is InChI=1S/C30H50P/c1-12-23(5)20-31(11,13-2)21-29(28(10)22(3)4)16-14-24(6)18-26(8)30-17-15-25(7)19-27(30)9/h12,15,17,19-20,22,24,28-29H,1,8,13-14,16,18,21H2,2-7,9-11H3/q+1/b23-20+/t24-,28?,29?,31?/m0/s1. The lowest BCUT2D eigenvalue weighted by Crippen LogP contribution is -2.23. The van der Waals surface area contributed by atoms with Gasteiger partial charge in [0, 0.05) is 7.26 Å². The maximum Gasteiger partial charge on any atom is 0.0663 e. The molecule has 0 bridgehead atoms. The molecule has 0 amide bonds. The lowest BCUT2D eigenvalue weighted by atomic mass is 9.81. The summed E-state index contributed by atoms with van der Waals surface area (Å²) in [5, 5.41) is 0. The highest BCUT2D eigenvalue weighted by Gasteiger charge is 2.34. The molecule has 0 heterocycles. The molecule has 1 aromatic carbocycles. The molecule has 4 atom stereocenters. The first-order valence-electron chi connectivity index (χ1n) is 12.3. The van der Waals surface area contributed by atoms with Crippen molar-refractivity contribution in [2.45, 2.75) is 74.7 Å². The second kappa shape index (κ2) is 12.8. The predicted molar refractivity (Wildman–Crippen MR) is 148 cm³/mol. The molecule has 0 aliphatic rings. The fourth-order valence-corrected chi connectivity index (χ4v) is 7.98. The smallest absolute Gasteiger partial charge is 0.0663 e. The van der Waals surface area contributed by atoms with Crippen molar-refractivity contribution in [2.24, 2.45) is 23.7 Å². The molecule has 1 rings (SSSR count). The molecule has 31 heavy (non-hydrogen) atoms. The van der Waals surface area contributed by atoms with Crippen LogP contribution in [0.1, 0.15) is 77.5 Å². The van der Waals surface area contributed by atoms with Gasteiger partial charge in [-0.05, 0) is 92.9 Å². The molecule has 0 aliphatic heterocycles. The van der Waals surface area contributed by atoms with Crippen LogP contribution in [0.4, 0.5) is 0 Å². The third-order valence-corrected chi connectivity index (χ3v) is 11.2. The van der Waals surface area contributed by atoms with Crippen LogP contribution in [0.15, 0.2) is 48.8 Å². The molecule has 0 N–H and O–H groups in total. The Morgan fingerprint density at radius 2 is 1.74 bits per heavy atom. The molecule has 0 aromatic heterocycles. The van der Waals surface area contributed by atoms with E-state index in [1.807, 2.05) is 6.08 Å². The van der Waals surface area contributed by atoms with E-state index in [9.17, 15) is 0 Å². The van der Waals surface area contributed by atoms with Crippen LogP contribution < -0.4 is 0 Å². The Bertz CT molecular complexity index is 754. The highest BCUT2D eigenvalue weighted by atomic mass is 31.2. The van der Waals surface area contributed by atoms with E-state index in [0.717, 1.165) is 24.2 Å². The summed E-state index contributed by atoms with van der Waals surface area (Å²) in [4.78, 5) is 0. The molecule has 0 spiro atoms. The first-order chi connectivity index (χ1) is 14.4. The van der Waals surface area contributed by atoms with Gasteiger partial charge in [-0.1, -0.05) is 70.7 Å². The Hall–Kier alpha value is -1.13. The summed E-state index contributed by atoms with van der Waals surface area (Å²) in [6.07, 6.45) is 8.41. The van der Waals surface area contributed by atoms with Gasteiger partial charge in [0.1, 0.15) is 0 Å². The molecule has 0 nitrogen and oxygen atoms in total. The monoisotopic (exact) mass is 441 g/mol. The molecule has 3 unspecified atom stereocenters. The quantitative estimate of drug-likeness (QED) is 0.211. The third-order valence-electron chi connectivity index (χ3n) is 7.39. The van der Waals surface area contributed by atoms with Gasteiger partial charge < -0.3 is 0 Å². The normalized spacial score (nSPS) is 17.2. The summed E-state index contributed by atoms with van der Waals surface area (Å²) in [7, 11) is -1.07. The summed E-state index contributed by atoms with van der Waals surface area (Å²) in [5.74, 6) is 5.54. The molecular formula is C30H50P+. The van der Waals surface area contributed by atoms with E-state index in [-0.39, 0.29) is 0 Å². The molecule has 0 aliphatic carbocycles. The molecule has 0 saturated heterocycles. The van der Waals surface area contributed by atoms with Crippen molar-refractivity contribution in [3.63, 3.8) is 0 Å². The van der Waals surface area contributed by atoms with Gasteiger partial charge in [-0.3, -0.25) is 0 Å². The van der Waals surface area contributed by atoms with Crippen molar-refractivity contribution in [1.29, 1.82) is 0 Å². The summed E-state index contributed by atoms with van der Waals surface area (Å²) in [6.45, 7) is 29.7. The van der Waals surface area contributed by atoms with E-state index >= 15 is 0 Å². The Kier molecular flexibility index (Phi) is 11.5. The summed E-state index contributed by atoms with van der Waals surface area (Å²) in [6, 6.07) is 6.75. The fraction of sp³-hybridized carbons (Fsp3) is 0.600. The molecule has 174 valence electrons. The summed E-state index contributed by atoms with van der Waals surface area (Å²) >= 11 is 0. The van der Waals surface area contributed by atoms with Crippen LogP contribution in [0.2, 0.25) is 0 Å². The van der Waals surface area contributed by atoms with Crippen molar-refractivity contribution in [2.75, 3.05) is 19.0 Å². The van der Waals surface area contributed by atoms with Gasteiger partial charge in [0.05, 0.1) is 24.8 Å². The second-order valence-corrected chi connectivity index (χ2v) is 14.9. The molecule has 1 aromatic rings. The van der Waals surface area contributed by atoms with Gasteiger partial charge in [0.25, 0.3) is 0 Å². The highest BCUT2D eigenvalue weighted by molar-refractivity contribution is 7.78. The highest BCUT2D eigenvalue weighted by Crippen LogP contribution is 2.60. The van der Waals surface area contributed by atoms with Gasteiger partial charge in [-0.2, -0.15) is 0 Å². The third kappa shape index (κ3) is 9.10. The number of benzene rings is 1. The van der Waals surface area contributed by atoms with Crippen LogP contribution in [-0.4, -0.2) is 19.0 Å². The zero-order valence-electron chi connectivity index (χ0n) is 22.1. The maximum absolute atomic E-state index is 4.45. The van der Waals surface area contributed by atoms with Crippen LogP contribution in [0.3, 0.4) is 0 Å². The molecule has 1 heteroatoms. The van der Waals surface area contributed by atoms with Crippen molar-refractivity contribution < 1.29 is 0 Å². The Balaban J connectivity index is 2.86. The minimum absolute atomic E-state index is 0.673. The predicted octanol–water partition coefficient (Wildman–Crippen LogP) is 9.79. The summed E-state index contributed by atoms with van der Waals surface area (Å²) in [5.41, 5.74) is 6.69. The van der Waals surface area contributed by atoms with E-state index in [0.29, 0.717) is 5.92 Å². The van der Waals surface area contributed by atoms with Gasteiger partial charge in [0.2, 0.25) is 0 Å². The Morgan fingerprint density at radius 1 is 1.10 bits per heavy atom. The fourth-order valence-electron chi connectivity index (χ4n) is 4.76. The van der Waals surface area contributed by atoms with Gasteiger partial charge in [-0.25, -0.2) is 0 Å². The van der Waals surface area contributed by atoms with Crippen molar-refractivity contribution in [3.05, 3.63) is 65.5 Å². The van der Waals surface area contributed by atoms with Crippen LogP contribution in [0.5, 0.6) is 0 Å². The van der Waals surface area contributed by atoms with Crippen LogP contribution >= 0.6 is 7.26 Å². The van der Waals surface area contributed by atoms with Gasteiger partial charge in [0.15, 0.2) is 0 Å². The number of allylic oxidation sites excluding steroid dienone is 3. The zero-order chi connectivity index (χ0) is 23.8. The number of hydrogen-bond donors (Lipinski definition) is 0. The minimum atomic E-state index is -1.07. The van der Waals surface area contributed by atoms with E-state index in [1.54, 1.807) is 0 Å². The topological polar surface area (TPSA) is 0 Å². The van der Waals surface area contributed by atoms with Crippen molar-refractivity contribution >= 4 is 12.8 Å². The van der Waals surface area contributed by atoms with Crippen molar-refractivity contribution in [3.8, 4) is 0 Å². The number of aryl methyl sites for hydroxylation is 2. The van der Waals surface area contributed by atoms with Crippen molar-refractivity contribution in [1.82, 2.24) is 0 Å². The van der Waals surface area contributed by atoms with E-state index in [4.69, 9.17) is 0 Å². The second-order valence-electron chi connectivity index (χ2n) is 10.7. The minimum Gasteiger partial charge on any atom is -0.0987 e. The van der Waals surface area contributed by atoms with Crippen LogP contribution in [0, 0.1) is 37.5 Å². The molecule has 0 fully saturated rings. The molecule has 0 radical (unpaired) electrons. The average molecular weight is 442 g/mol. The Labute approximate surface area is 195 Å². The van der Waals surface area contributed by atoms with E-state index in [2.05, 4.69) is 99.2 Å².